The van der Waals surface area contributed by atoms with Gasteiger partial charge in [-0.1, -0.05) is 6.92 Å². The van der Waals surface area contributed by atoms with Gasteiger partial charge >= 0.3 is 5.97 Å². The van der Waals surface area contributed by atoms with Gasteiger partial charge in [-0.05, 0) is 12.8 Å². The Bertz CT molecular complexity index is 525. The number of amides is 1. The molecule has 0 aromatic carbocycles. The van der Waals surface area contributed by atoms with E-state index in [0.29, 0.717) is 18.5 Å². The number of aryl methyl sites for hydroxylation is 2. The number of aliphatic carboxylic acids is 1. The maximum Gasteiger partial charge on any atom is 0.325 e. The van der Waals surface area contributed by atoms with Crippen molar-refractivity contribution in [2.75, 3.05) is 13.1 Å². The van der Waals surface area contributed by atoms with E-state index in [1.165, 1.54) is 4.90 Å². The van der Waals surface area contributed by atoms with E-state index < -0.39 is 11.5 Å². The quantitative estimate of drug-likeness (QED) is 0.776. The average molecular weight is 266 g/mol. The zero-order valence-electron chi connectivity index (χ0n) is 11.1. The highest BCUT2D eigenvalue weighted by atomic mass is 16.4. The normalized spacial score (nSPS) is 22.8. The van der Waals surface area contributed by atoms with Gasteiger partial charge in [0.25, 0.3) is 5.91 Å². The molecule has 1 aromatic rings. The first-order valence-electron chi connectivity index (χ1n) is 6.21. The van der Waals surface area contributed by atoms with Gasteiger partial charge < -0.3 is 15.7 Å². The van der Waals surface area contributed by atoms with E-state index in [-0.39, 0.29) is 18.9 Å². The molecule has 1 atom stereocenters. The van der Waals surface area contributed by atoms with Gasteiger partial charge in [-0.3, -0.25) is 14.3 Å². The summed E-state index contributed by atoms with van der Waals surface area (Å²) in [4.78, 5) is 24.9. The van der Waals surface area contributed by atoms with Crippen LogP contribution in [0.4, 0.5) is 0 Å². The topological polar surface area (TPSA) is 101 Å². The number of rotatable bonds is 3. The fourth-order valence-corrected chi connectivity index (χ4v) is 2.33. The lowest BCUT2D eigenvalue weighted by Crippen LogP contribution is -2.50. The molecule has 1 saturated heterocycles. The van der Waals surface area contributed by atoms with Crippen molar-refractivity contribution in [1.29, 1.82) is 0 Å². The van der Waals surface area contributed by atoms with Crippen LogP contribution in [0.1, 0.15) is 29.4 Å². The van der Waals surface area contributed by atoms with E-state index in [1.54, 1.807) is 17.9 Å². The van der Waals surface area contributed by atoms with E-state index in [9.17, 15) is 9.59 Å². The molecule has 0 radical (unpaired) electrons. The molecule has 104 valence electrons. The van der Waals surface area contributed by atoms with Crippen molar-refractivity contribution < 1.29 is 14.7 Å². The number of carboxylic acid groups (broad SMARTS) is 1. The Balaban J connectivity index is 2.20. The van der Waals surface area contributed by atoms with Crippen molar-refractivity contribution in [2.45, 2.75) is 25.3 Å². The van der Waals surface area contributed by atoms with Crippen molar-refractivity contribution in [3.63, 3.8) is 0 Å². The molecule has 1 unspecified atom stereocenters. The number of aromatic nitrogens is 2. The predicted octanol–water partition coefficient (Wildman–Crippen LogP) is -0.389. The third-order valence-corrected chi connectivity index (χ3v) is 3.48. The number of hydrogen-bond donors (Lipinski definition) is 2. The van der Waals surface area contributed by atoms with Crippen LogP contribution in [0.25, 0.3) is 0 Å². The van der Waals surface area contributed by atoms with Crippen LogP contribution in [0.15, 0.2) is 6.20 Å². The van der Waals surface area contributed by atoms with Crippen LogP contribution < -0.4 is 5.73 Å². The van der Waals surface area contributed by atoms with Gasteiger partial charge in [-0.2, -0.15) is 5.10 Å². The smallest absolute Gasteiger partial charge is 0.325 e. The predicted molar refractivity (Wildman–Crippen MR) is 67.7 cm³/mol. The van der Waals surface area contributed by atoms with Crippen LogP contribution in [0.2, 0.25) is 0 Å². The number of likely N-dealkylation sites (tertiary alicyclic amines) is 1. The van der Waals surface area contributed by atoms with Crippen LogP contribution >= 0.6 is 0 Å². The summed E-state index contributed by atoms with van der Waals surface area (Å²) in [6, 6.07) is 0. The molecule has 2 heterocycles. The Kier molecular flexibility index (Phi) is 3.32. The van der Waals surface area contributed by atoms with Gasteiger partial charge in [0.2, 0.25) is 0 Å². The molecule has 19 heavy (non-hydrogen) atoms. The monoisotopic (exact) mass is 266 g/mol. The maximum atomic E-state index is 12.4. The molecule has 1 aliphatic rings. The molecule has 0 spiro atoms. The molecular formula is C12H18N4O3. The van der Waals surface area contributed by atoms with E-state index in [2.05, 4.69) is 5.10 Å². The highest BCUT2D eigenvalue weighted by Gasteiger charge is 2.43. The second kappa shape index (κ2) is 4.65. The summed E-state index contributed by atoms with van der Waals surface area (Å²) in [6.07, 6.45) is 2.59. The number of carboxylic acids is 1. The average Bonchev–Trinajstić information content (AvgIpc) is 2.93. The Morgan fingerprint density at radius 3 is 2.79 bits per heavy atom. The van der Waals surface area contributed by atoms with Gasteiger partial charge in [-0.15, -0.1) is 0 Å². The largest absolute Gasteiger partial charge is 0.480 e. The van der Waals surface area contributed by atoms with E-state index in [1.807, 2.05) is 6.92 Å². The lowest BCUT2D eigenvalue weighted by atomic mass is 10.0. The number of hydrogen-bond acceptors (Lipinski definition) is 4. The summed E-state index contributed by atoms with van der Waals surface area (Å²) in [5, 5.41) is 13.3. The summed E-state index contributed by atoms with van der Waals surface area (Å²) in [7, 11) is 1.75. The zero-order valence-corrected chi connectivity index (χ0v) is 11.1. The molecule has 0 bridgehead atoms. The summed E-state index contributed by atoms with van der Waals surface area (Å²) in [5.41, 5.74) is 5.69. The van der Waals surface area contributed by atoms with Crippen LogP contribution in [-0.4, -0.2) is 50.3 Å². The number of carbonyl (C=O) groups is 2. The maximum absolute atomic E-state index is 12.4. The Hall–Kier alpha value is -1.89. The molecule has 0 aliphatic carbocycles. The minimum atomic E-state index is -1.33. The van der Waals surface area contributed by atoms with Crippen molar-refractivity contribution in [3.05, 3.63) is 17.5 Å². The van der Waals surface area contributed by atoms with Crippen molar-refractivity contribution >= 4 is 11.9 Å². The highest BCUT2D eigenvalue weighted by Crippen LogP contribution is 2.22. The standard InChI is InChI=1S/C12H18N4O3/c1-3-9-8(6-15(2)14-9)10(17)16-5-4-12(13,7-16)11(18)19/h6H,3-5,7,13H2,1-2H3,(H,18,19). The van der Waals surface area contributed by atoms with Crippen LogP contribution in [0.3, 0.4) is 0 Å². The molecule has 1 aliphatic heterocycles. The molecule has 1 fully saturated rings. The van der Waals surface area contributed by atoms with Crippen molar-refractivity contribution in [1.82, 2.24) is 14.7 Å². The van der Waals surface area contributed by atoms with Crippen molar-refractivity contribution in [3.8, 4) is 0 Å². The number of carbonyl (C=O) groups excluding carboxylic acids is 1. The molecule has 0 saturated carbocycles. The lowest BCUT2D eigenvalue weighted by molar-refractivity contribution is -0.142. The molecule has 7 heteroatoms. The number of nitrogens with zero attached hydrogens (tertiary/aromatic N) is 3. The van der Waals surface area contributed by atoms with Gasteiger partial charge in [0.05, 0.1) is 11.3 Å². The Morgan fingerprint density at radius 2 is 2.26 bits per heavy atom. The Morgan fingerprint density at radius 1 is 1.58 bits per heavy atom. The SMILES string of the molecule is CCc1nn(C)cc1C(=O)N1CCC(N)(C(=O)O)C1. The molecule has 1 amide bonds. The first-order chi connectivity index (χ1) is 8.87. The van der Waals surface area contributed by atoms with Gasteiger partial charge in [0.1, 0.15) is 5.54 Å². The van der Waals surface area contributed by atoms with E-state index in [4.69, 9.17) is 10.8 Å². The van der Waals surface area contributed by atoms with Crippen LogP contribution in [-0.2, 0) is 18.3 Å². The van der Waals surface area contributed by atoms with E-state index in [0.717, 1.165) is 5.69 Å². The molecule has 3 N–H and O–H groups in total. The fourth-order valence-electron chi connectivity index (χ4n) is 2.33. The minimum Gasteiger partial charge on any atom is -0.480 e. The second-order valence-electron chi connectivity index (χ2n) is 4.95. The molecule has 1 aromatic heterocycles. The van der Waals surface area contributed by atoms with Gasteiger partial charge in [0, 0.05) is 26.3 Å². The van der Waals surface area contributed by atoms with Crippen LogP contribution in [0, 0.1) is 0 Å². The molecule has 2 rings (SSSR count). The molecular weight excluding hydrogens is 248 g/mol. The van der Waals surface area contributed by atoms with Gasteiger partial charge in [0.15, 0.2) is 0 Å². The van der Waals surface area contributed by atoms with E-state index >= 15 is 0 Å². The lowest BCUT2D eigenvalue weighted by Gasteiger charge is -2.20. The molecule has 7 nitrogen and oxygen atoms in total. The van der Waals surface area contributed by atoms with Gasteiger partial charge in [-0.25, -0.2) is 0 Å². The third kappa shape index (κ3) is 2.33. The third-order valence-electron chi connectivity index (χ3n) is 3.48. The first kappa shape index (κ1) is 13.5. The Labute approximate surface area is 111 Å². The summed E-state index contributed by atoms with van der Waals surface area (Å²) in [6.45, 7) is 2.33. The summed E-state index contributed by atoms with van der Waals surface area (Å²) in [5.74, 6) is -1.26. The highest BCUT2D eigenvalue weighted by molar-refractivity contribution is 5.96. The van der Waals surface area contributed by atoms with Crippen molar-refractivity contribution in [2.24, 2.45) is 12.8 Å². The second-order valence-corrected chi connectivity index (χ2v) is 4.95. The zero-order chi connectivity index (χ0) is 14.2. The first-order valence-corrected chi connectivity index (χ1v) is 6.21. The summed E-state index contributed by atoms with van der Waals surface area (Å²) < 4.78 is 1.59. The van der Waals surface area contributed by atoms with Crippen LogP contribution in [0.5, 0.6) is 0 Å². The minimum absolute atomic E-state index is 0.0409. The number of nitrogens with two attached hydrogens (primary N) is 1. The fraction of sp³-hybridized carbons (Fsp3) is 0.583. The summed E-state index contributed by atoms with van der Waals surface area (Å²) >= 11 is 0.